The summed E-state index contributed by atoms with van der Waals surface area (Å²) in [5.74, 6) is -0.101. The number of hydrogen-bond donors (Lipinski definition) is 2. The van der Waals surface area contributed by atoms with Gasteiger partial charge in [0.05, 0.1) is 10.9 Å². The molecule has 2 aliphatic rings. The van der Waals surface area contributed by atoms with Crippen LogP contribution in [0.25, 0.3) is 11.0 Å². The van der Waals surface area contributed by atoms with Crippen molar-refractivity contribution in [1.82, 2.24) is 14.5 Å². The third-order valence-corrected chi connectivity index (χ3v) is 6.24. The van der Waals surface area contributed by atoms with Gasteiger partial charge in [-0.05, 0) is 56.9 Å². The molecule has 1 fully saturated rings. The maximum Gasteiger partial charge on any atom is 0.329 e. The van der Waals surface area contributed by atoms with E-state index in [0.29, 0.717) is 12.2 Å². The van der Waals surface area contributed by atoms with Gasteiger partial charge < -0.3 is 10.2 Å². The second-order valence-electron chi connectivity index (χ2n) is 8.20. The summed E-state index contributed by atoms with van der Waals surface area (Å²) in [6.45, 7) is 6.17. The maximum absolute atomic E-state index is 13.3. The van der Waals surface area contributed by atoms with Crippen LogP contribution in [0, 0.1) is 0 Å². The fraction of sp³-hybridized carbons (Fsp3) is 0.391. The van der Waals surface area contributed by atoms with Crippen LogP contribution in [0.1, 0.15) is 54.2 Å². The maximum atomic E-state index is 13.3. The molecule has 8 heteroatoms. The Morgan fingerprint density at radius 3 is 2.71 bits per heavy atom. The summed E-state index contributed by atoms with van der Waals surface area (Å²) in [7, 11) is 0. The topological polar surface area (TPSA) is 100 Å². The molecule has 2 N–H and O–H groups in total. The van der Waals surface area contributed by atoms with Crippen LogP contribution in [0.5, 0.6) is 0 Å². The molecular weight excluding hydrogens is 394 g/mol. The first-order valence-electron chi connectivity index (χ1n) is 10.9. The molecular formula is C23H25N5O3. The Morgan fingerprint density at radius 2 is 2.00 bits per heavy atom. The highest BCUT2D eigenvalue weighted by Crippen LogP contribution is 2.40. The van der Waals surface area contributed by atoms with Gasteiger partial charge in [-0.15, -0.1) is 0 Å². The van der Waals surface area contributed by atoms with Crippen LogP contribution in [-0.4, -0.2) is 33.5 Å². The molecule has 2 aromatic heterocycles. The largest absolute Gasteiger partial charge is 0.371 e. The van der Waals surface area contributed by atoms with Gasteiger partial charge in [-0.3, -0.25) is 19.1 Å². The molecule has 1 amide bonds. The van der Waals surface area contributed by atoms with Gasteiger partial charge in [0.2, 0.25) is 0 Å². The number of benzene rings is 1. The number of nitrogens with one attached hydrogen (secondary N) is 2. The van der Waals surface area contributed by atoms with Crippen molar-refractivity contribution in [3.63, 3.8) is 0 Å². The molecule has 1 aliphatic carbocycles. The third kappa shape index (κ3) is 3.32. The predicted octanol–water partition coefficient (Wildman–Crippen LogP) is 2.62. The molecule has 1 aromatic carbocycles. The lowest BCUT2D eigenvalue weighted by atomic mass is 10.1. The number of aromatic amines is 1. The number of hydrogen-bond acceptors (Lipinski definition) is 5. The summed E-state index contributed by atoms with van der Waals surface area (Å²) < 4.78 is 1.41. The molecule has 0 radical (unpaired) electrons. The van der Waals surface area contributed by atoms with Crippen molar-refractivity contribution >= 4 is 28.3 Å². The first-order valence-corrected chi connectivity index (χ1v) is 10.9. The fourth-order valence-electron chi connectivity index (χ4n) is 4.40. The first kappa shape index (κ1) is 19.5. The number of amides is 1. The number of rotatable bonds is 5. The molecule has 0 unspecified atom stereocenters. The zero-order chi connectivity index (χ0) is 21.7. The number of aryl methyl sites for hydroxylation is 1. The molecule has 31 heavy (non-hydrogen) atoms. The highest BCUT2D eigenvalue weighted by atomic mass is 16.2. The van der Waals surface area contributed by atoms with Gasteiger partial charge >= 0.3 is 5.69 Å². The molecule has 0 atom stereocenters. The lowest BCUT2D eigenvalue weighted by Crippen LogP contribution is -2.32. The number of carbonyl (C=O) groups is 1. The minimum Gasteiger partial charge on any atom is -0.371 e. The molecule has 0 spiro atoms. The van der Waals surface area contributed by atoms with Gasteiger partial charge in [0.25, 0.3) is 11.5 Å². The number of likely N-dealkylation sites (N-methyl/N-ethyl adjacent to an activating group) is 1. The second kappa shape index (κ2) is 7.37. The molecule has 8 nitrogen and oxygen atoms in total. The normalized spacial score (nSPS) is 15.4. The third-order valence-electron chi connectivity index (χ3n) is 6.24. The van der Waals surface area contributed by atoms with E-state index >= 15 is 0 Å². The van der Waals surface area contributed by atoms with Crippen LogP contribution in [0.2, 0.25) is 0 Å². The van der Waals surface area contributed by atoms with Crippen LogP contribution >= 0.6 is 0 Å². The molecule has 3 heterocycles. The summed E-state index contributed by atoms with van der Waals surface area (Å²) >= 11 is 0. The van der Waals surface area contributed by atoms with Crippen molar-refractivity contribution in [2.24, 2.45) is 0 Å². The van der Waals surface area contributed by atoms with Crippen molar-refractivity contribution in [1.29, 1.82) is 0 Å². The van der Waals surface area contributed by atoms with Crippen LogP contribution in [-0.2, 0) is 13.0 Å². The highest BCUT2D eigenvalue weighted by Gasteiger charge is 2.29. The highest BCUT2D eigenvalue weighted by molar-refractivity contribution is 6.12. The van der Waals surface area contributed by atoms with Gasteiger partial charge in [-0.25, -0.2) is 9.78 Å². The Bertz CT molecular complexity index is 1320. The monoisotopic (exact) mass is 419 g/mol. The second-order valence-corrected chi connectivity index (χ2v) is 8.20. The lowest BCUT2D eigenvalue weighted by molar-refractivity contribution is 0.102. The Morgan fingerprint density at radius 1 is 1.19 bits per heavy atom. The van der Waals surface area contributed by atoms with Crippen LogP contribution < -0.4 is 21.5 Å². The number of aromatic nitrogens is 3. The number of anilines is 2. The zero-order valence-corrected chi connectivity index (χ0v) is 17.7. The van der Waals surface area contributed by atoms with E-state index in [1.807, 2.05) is 25.1 Å². The van der Waals surface area contributed by atoms with E-state index in [-0.39, 0.29) is 28.4 Å². The number of nitrogens with zero attached hydrogens (tertiary/aromatic N) is 3. The summed E-state index contributed by atoms with van der Waals surface area (Å²) in [6, 6.07) is 7.64. The molecule has 1 aliphatic heterocycles. The van der Waals surface area contributed by atoms with E-state index in [9.17, 15) is 14.4 Å². The Kier molecular flexibility index (Phi) is 4.64. The molecule has 1 saturated carbocycles. The number of H-pyrrole nitrogens is 1. The average molecular weight is 419 g/mol. The van der Waals surface area contributed by atoms with E-state index < -0.39 is 11.2 Å². The quantitative estimate of drug-likeness (QED) is 0.662. The standard InChI is InChI=1S/C23H25N5O3/c1-3-27-10-9-14-7-8-15(11-18(14)27)24-21(29)16-12-17(13-5-6-13)25-20-19(16)22(30)26-23(31)28(20)4-2/h7-8,11-13H,3-6,9-10H2,1-2H3,(H,24,29)(H,26,30,31). The number of fused-ring (bicyclic) bond motifs is 2. The SMILES string of the molecule is CCN1CCc2ccc(NC(=O)c3cc(C4CC4)nc4c3c(=O)[nH]c(=O)n4CC)cc21. The zero-order valence-electron chi connectivity index (χ0n) is 17.7. The average Bonchev–Trinajstić information content (AvgIpc) is 3.53. The van der Waals surface area contributed by atoms with Crippen LogP contribution in [0.3, 0.4) is 0 Å². The Labute approximate surface area is 178 Å². The van der Waals surface area contributed by atoms with Crippen LogP contribution in [0.4, 0.5) is 11.4 Å². The minimum absolute atomic E-state index is 0.152. The van der Waals surface area contributed by atoms with Crippen molar-refractivity contribution in [2.45, 2.75) is 45.6 Å². The lowest BCUT2D eigenvalue weighted by Gasteiger charge is -2.18. The van der Waals surface area contributed by atoms with Gasteiger partial charge in [0.15, 0.2) is 5.65 Å². The van der Waals surface area contributed by atoms with Crippen LogP contribution in [0.15, 0.2) is 33.9 Å². The van der Waals surface area contributed by atoms with Gasteiger partial charge in [-0.1, -0.05) is 6.07 Å². The van der Waals surface area contributed by atoms with Crippen molar-refractivity contribution in [3.8, 4) is 0 Å². The van der Waals surface area contributed by atoms with Gasteiger partial charge in [0, 0.05) is 42.6 Å². The summed E-state index contributed by atoms with van der Waals surface area (Å²) in [5, 5.41) is 3.11. The molecule has 5 rings (SSSR count). The molecule has 3 aromatic rings. The molecule has 0 bridgehead atoms. The first-order chi connectivity index (χ1) is 15.0. The van der Waals surface area contributed by atoms with Gasteiger partial charge in [-0.2, -0.15) is 0 Å². The fourth-order valence-corrected chi connectivity index (χ4v) is 4.40. The molecule has 0 saturated heterocycles. The van der Waals surface area contributed by atoms with E-state index in [1.165, 1.54) is 10.1 Å². The summed E-state index contributed by atoms with van der Waals surface area (Å²) in [6.07, 6.45) is 2.99. The Balaban J connectivity index is 1.61. The minimum atomic E-state index is -0.587. The number of pyridine rings is 1. The van der Waals surface area contributed by atoms with E-state index in [1.54, 1.807) is 6.07 Å². The van der Waals surface area contributed by atoms with Gasteiger partial charge in [0.1, 0.15) is 0 Å². The van der Waals surface area contributed by atoms with E-state index in [4.69, 9.17) is 0 Å². The molecule has 160 valence electrons. The number of carbonyl (C=O) groups excluding carboxylic acids is 1. The summed E-state index contributed by atoms with van der Waals surface area (Å²) in [5.41, 5.74) is 3.28. The van der Waals surface area contributed by atoms with E-state index in [2.05, 4.69) is 27.1 Å². The predicted molar refractivity (Wildman–Crippen MR) is 120 cm³/mol. The van der Waals surface area contributed by atoms with Crippen molar-refractivity contribution in [3.05, 3.63) is 61.9 Å². The Hall–Kier alpha value is -3.42. The van der Waals surface area contributed by atoms with E-state index in [0.717, 1.165) is 43.7 Å². The smallest absolute Gasteiger partial charge is 0.329 e. The summed E-state index contributed by atoms with van der Waals surface area (Å²) in [4.78, 5) is 47.5. The van der Waals surface area contributed by atoms with Crippen molar-refractivity contribution in [2.75, 3.05) is 23.3 Å². The van der Waals surface area contributed by atoms with Crippen molar-refractivity contribution < 1.29 is 4.79 Å².